The number of carbonyl (C=O) groups excluding carboxylic acids is 1. The zero-order valence-corrected chi connectivity index (χ0v) is 16.8. The highest BCUT2D eigenvalue weighted by molar-refractivity contribution is 5.76. The van der Waals surface area contributed by atoms with E-state index in [2.05, 4.69) is 20.3 Å². The molecule has 1 unspecified atom stereocenters. The Morgan fingerprint density at radius 3 is 2.57 bits per heavy atom. The first-order valence-corrected chi connectivity index (χ1v) is 9.70. The number of amides is 1. The average Bonchev–Trinajstić information content (AvgIpc) is 3.50. The Morgan fingerprint density at radius 2 is 1.87 bits per heavy atom. The van der Waals surface area contributed by atoms with Crippen molar-refractivity contribution >= 4 is 5.91 Å². The van der Waals surface area contributed by atoms with E-state index in [9.17, 15) is 4.79 Å². The van der Waals surface area contributed by atoms with Crippen LogP contribution in [-0.4, -0.2) is 42.8 Å². The summed E-state index contributed by atoms with van der Waals surface area (Å²) in [5, 5.41) is 12.2. The summed E-state index contributed by atoms with van der Waals surface area (Å²) in [6.07, 6.45) is 3.85. The summed E-state index contributed by atoms with van der Waals surface area (Å²) >= 11 is 0. The number of rotatable bonds is 7. The maximum atomic E-state index is 12.7. The smallest absolute Gasteiger partial charge is 0.247 e. The molecule has 2 heterocycles. The first-order valence-electron chi connectivity index (χ1n) is 9.70. The van der Waals surface area contributed by atoms with Gasteiger partial charge >= 0.3 is 0 Å². The van der Waals surface area contributed by atoms with Crippen LogP contribution in [0.25, 0.3) is 17.1 Å². The van der Waals surface area contributed by atoms with Gasteiger partial charge in [-0.3, -0.25) is 4.79 Å². The lowest BCUT2D eigenvalue weighted by atomic mass is 10.1. The van der Waals surface area contributed by atoms with E-state index < -0.39 is 0 Å². The largest absolute Gasteiger partial charge is 0.421 e. The second kappa shape index (κ2) is 8.69. The lowest BCUT2D eigenvalue weighted by Crippen LogP contribution is -2.29. The van der Waals surface area contributed by atoms with Gasteiger partial charge in [-0.25, -0.2) is 9.67 Å². The van der Waals surface area contributed by atoms with Gasteiger partial charge in [0.2, 0.25) is 17.7 Å². The molecule has 0 N–H and O–H groups in total. The third-order valence-corrected chi connectivity index (χ3v) is 5.07. The predicted molar refractivity (Wildman–Crippen MR) is 111 cm³/mol. The molecule has 1 amide bonds. The molecule has 30 heavy (non-hydrogen) atoms. The molecule has 0 spiro atoms. The molecule has 8 heteroatoms. The second-order valence-electron chi connectivity index (χ2n) is 6.98. The van der Waals surface area contributed by atoms with Crippen LogP contribution in [0.4, 0.5) is 0 Å². The number of hydrogen-bond acceptors (Lipinski definition) is 6. The summed E-state index contributed by atoms with van der Waals surface area (Å²) in [6, 6.07) is 17.4. The molecular weight excluding hydrogens is 380 g/mol. The van der Waals surface area contributed by atoms with Crippen LogP contribution in [-0.2, 0) is 11.2 Å². The molecule has 1 atom stereocenters. The van der Waals surface area contributed by atoms with Crippen molar-refractivity contribution in [2.45, 2.75) is 25.8 Å². The maximum absolute atomic E-state index is 12.7. The lowest BCUT2D eigenvalue weighted by molar-refractivity contribution is -0.131. The van der Waals surface area contributed by atoms with Gasteiger partial charge in [-0.15, -0.1) is 10.2 Å². The van der Waals surface area contributed by atoms with Gasteiger partial charge in [-0.05, 0) is 36.8 Å². The lowest BCUT2D eigenvalue weighted by Gasteiger charge is -2.25. The maximum Gasteiger partial charge on any atom is 0.247 e. The van der Waals surface area contributed by atoms with E-state index in [0.717, 1.165) is 16.8 Å². The fourth-order valence-corrected chi connectivity index (χ4v) is 3.13. The molecule has 4 rings (SSSR count). The second-order valence-corrected chi connectivity index (χ2v) is 6.98. The minimum atomic E-state index is -0.0649. The molecule has 0 saturated carbocycles. The van der Waals surface area contributed by atoms with Crippen molar-refractivity contribution in [1.82, 2.24) is 29.9 Å². The van der Waals surface area contributed by atoms with E-state index in [0.29, 0.717) is 24.6 Å². The zero-order valence-electron chi connectivity index (χ0n) is 16.8. The summed E-state index contributed by atoms with van der Waals surface area (Å²) in [4.78, 5) is 18.4. The van der Waals surface area contributed by atoms with Crippen LogP contribution >= 0.6 is 0 Å². The standard InChI is InChI=1S/C22H22N6O2/c1-16(17-8-10-19(11-9-17)28-15-23-14-24-28)27(2)21(29)13-12-20-25-26-22(30-20)18-6-4-3-5-7-18/h3-11,14-16H,12-13H2,1-2H3. The third-order valence-electron chi connectivity index (χ3n) is 5.07. The van der Waals surface area contributed by atoms with Crippen LogP contribution in [0.15, 0.2) is 71.7 Å². The summed E-state index contributed by atoms with van der Waals surface area (Å²) < 4.78 is 7.38. The molecular formula is C22H22N6O2. The van der Waals surface area contributed by atoms with Crippen LogP contribution in [0.5, 0.6) is 0 Å². The van der Waals surface area contributed by atoms with Gasteiger partial charge in [-0.1, -0.05) is 30.3 Å². The van der Waals surface area contributed by atoms with Gasteiger partial charge in [0.25, 0.3) is 0 Å². The fourth-order valence-electron chi connectivity index (χ4n) is 3.13. The Labute approximate surface area is 174 Å². The van der Waals surface area contributed by atoms with Crippen LogP contribution in [0.1, 0.15) is 30.8 Å². The van der Waals surface area contributed by atoms with E-state index in [-0.39, 0.29) is 11.9 Å². The topological polar surface area (TPSA) is 89.9 Å². The zero-order chi connectivity index (χ0) is 20.9. The van der Waals surface area contributed by atoms with Gasteiger partial charge in [-0.2, -0.15) is 5.10 Å². The van der Waals surface area contributed by atoms with Gasteiger partial charge in [0, 0.05) is 25.5 Å². The van der Waals surface area contributed by atoms with E-state index in [1.807, 2.05) is 68.6 Å². The summed E-state index contributed by atoms with van der Waals surface area (Å²) in [6.45, 7) is 2.00. The Balaban J connectivity index is 1.35. The normalized spacial score (nSPS) is 11.9. The minimum Gasteiger partial charge on any atom is -0.421 e. The van der Waals surface area contributed by atoms with E-state index in [1.165, 1.54) is 6.33 Å². The number of carbonyl (C=O) groups is 1. The first-order chi connectivity index (χ1) is 14.6. The molecule has 0 saturated heterocycles. The Bertz CT molecular complexity index is 1090. The molecule has 0 aliphatic heterocycles. The molecule has 2 aromatic heterocycles. The van der Waals surface area contributed by atoms with Gasteiger partial charge in [0.1, 0.15) is 12.7 Å². The number of aryl methyl sites for hydroxylation is 1. The number of nitrogens with zero attached hydrogens (tertiary/aromatic N) is 6. The summed E-state index contributed by atoms with van der Waals surface area (Å²) in [5.41, 5.74) is 2.82. The van der Waals surface area contributed by atoms with Gasteiger partial charge < -0.3 is 9.32 Å². The number of hydrogen-bond donors (Lipinski definition) is 0. The predicted octanol–water partition coefficient (Wildman–Crippen LogP) is 3.47. The highest BCUT2D eigenvalue weighted by Gasteiger charge is 2.19. The summed E-state index contributed by atoms with van der Waals surface area (Å²) in [5.74, 6) is 0.940. The molecule has 4 aromatic rings. The van der Waals surface area contributed by atoms with Crippen molar-refractivity contribution in [2.24, 2.45) is 0 Å². The van der Waals surface area contributed by atoms with Crippen molar-refractivity contribution in [2.75, 3.05) is 7.05 Å². The van der Waals surface area contributed by atoms with Crippen molar-refractivity contribution in [3.8, 4) is 17.1 Å². The molecule has 0 bridgehead atoms. The SMILES string of the molecule is CC(c1ccc(-n2cncn2)cc1)N(C)C(=O)CCc1nnc(-c2ccccc2)o1. The van der Waals surface area contributed by atoms with E-state index in [1.54, 1.807) is 15.9 Å². The Hall–Kier alpha value is -3.81. The van der Waals surface area contributed by atoms with Crippen molar-refractivity contribution in [3.63, 3.8) is 0 Å². The van der Waals surface area contributed by atoms with Crippen LogP contribution in [0.2, 0.25) is 0 Å². The monoisotopic (exact) mass is 402 g/mol. The Morgan fingerprint density at radius 1 is 1.10 bits per heavy atom. The van der Waals surface area contributed by atoms with Crippen LogP contribution in [0, 0.1) is 0 Å². The van der Waals surface area contributed by atoms with Gasteiger partial charge in [0.15, 0.2) is 0 Å². The van der Waals surface area contributed by atoms with Crippen molar-refractivity contribution in [3.05, 3.63) is 78.7 Å². The molecule has 0 fully saturated rings. The van der Waals surface area contributed by atoms with Crippen molar-refractivity contribution in [1.29, 1.82) is 0 Å². The van der Waals surface area contributed by atoms with E-state index >= 15 is 0 Å². The molecule has 0 radical (unpaired) electrons. The summed E-state index contributed by atoms with van der Waals surface area (Å²) in [7, 11) is 1.81. The number of benzene rings is 2. The van der Waals surface area contributed by atoms with E-state index in [4.69, 9.17) is 4.42 Å². The molecule has 0 aliphatic carbocycles. The molecule has 152 valence electrons. The van der Waals surface area contributed by atoms with Crippen LogP contribution < -0.4 is 0 Å². The quantitative estimate of drug-likeness (QED) is 0.470. The molecule has 2 aromatic carbocycles. The van der Waals surface area contributed by atoms with Crippen LogP contribution in [0.3, 0.4) is 0 Å². The third kappa shape index (κ3) is 4.27. The fraction of sp³-hybridized carbons (Fsp3) is 0.227. The molecule has 8 nitrogen and oxygen atoms in total. The average molecular weight is 402 g/mol. The number of aromatic nitrogens is 5. The highest BCUT2D eigenvalue weighted by Crippen LogP contribution is 2.22. The Kier molecular flexibility index (Phi) is 5.65. The minimum absolute atomic E-state index is 0.0160. The highest BCUT2D eigenvalue weighted by atomic mass is 16.4. The van der Waals surface area contributed by atoms with Gasteiger partial charge in [0.05, 0.1) is 11.7 Å². The first kappa shape index (κ1) is 19.5. The van der Waals surface area contributed by atoms with Crippen molar-refractivity contribution < 1.29 is 9.21 Å². The molecule has 0 aliphatic rings.